The number of rotatable bonds is 3. The summed E-state index contributed by atoms with van der Waals surface area (Å²) in [6, 6.07) is 14.1. The van der Waals surface area contributed by atoms with Crippen LogP contribution in [0.2, 0.25) is 0 Å². The van der Waals surface area contributed by atoms with E-state index in [4.69, 9.17) is 5.73 Å². The van der Waals surface area contributed by atoms with Gasteiger partial charge in [-0.25, -0.2) is 0 Å². The molecule has 0 saturated heterocycles. The van der Waals surface area contributed by atoms with Gasteiger partial charge in [0.1, 0.15) is 0 Å². The number of aryl methyl sites for hydroxylation is 1. The monoisotopic (exact) mass is 360 g/mol. The Balaban J connectivity index is 1.33. The van der Waals surface area contributed by atoms with Crippen LogP contribution in [0.25, 0.3) is 0 Å². The molecule has 4 aliphatic rings. The zero-order valence-electron chi connectivity index (χ0n) is 16.0. The van der Waals surface area contributed by atoms with Crippen molar-refractivity contribution in [1.29, 1.82) is 0 Å². The number of hydrogen-bond acceptors (Lipinski definition) is 2. The van der Waals surface area contributed by atoms with Crippen LogP contribution in [0.3, 0.4) is 0 Å². The second kappa shape index (κ2) is 6.12. The van der Waals surface area contributed by atoms with Crippen molar-refractivity contribution in [2.24, 2.45) is 17.8 Å². The van der Waals surface area contributed by atoms with Crippen molar-refractivity contribution in [1.82, 2.24) is 0 Å². The quantitative estimate of drug-likeness (QED) is 0.730. The summed E-state index contributed by atoms with van der Waals surface area (Å²) in [5, 5.41) is 3.03. The molecule has 4 aliphatic carbocycles. The number of nitrogens with two attached hydrogens (primary N) is 1. The summed E-state index contributed by atoms with van der Waals surface area (Å²) in [6.07, 6.45) is 8.51. The number of anilines is 2. The van der Waals surface area contributed by atoms with Crippen molar-refractivity contribution < 1.29 is 4.79 Å². The van der Waals surface area contributed by atoms with Gasteiger partial charge in [-0.05, 0) is 110 Å². The van der Waals surface area contributed by atoms with Gasteiger partial charge >= 0.3 is 0 Å². The minimum Gasteiger partial charge on any atom is -0.399 e. The fraction of sp³-hybridized carbons (Fsp3) is 0.458. The molecule has 6 rings (SSSR count). The highest BCUT2D eigenvalue weighted by Gasteiger charge is 2.51. The second-order valence-electron chi connectivity index (χ2n) is 9.30. The first kappa shape index (κ1) is 16.9. The first-order chi connectivity index (χ1) is 13.0. The molecule has 4 bridgehead atoms. The molecule has 0 radical (unpaired) electrons. The third kappa shape index (κ3) is 2.93. The lowest BCUT2D eigenvalue weighted by Gasteiger charge is -2.57. The van der Waals surface area contributed by atoms with Crippen LogP contribution in [0.5, 0.6) is 0 Å². The van der Waals surface area contributed by atoms with E-state index < -0.39 is 0 Å². The Labute approximate surface area is 161 Å². The zero-order chi connectivity index (χ0) is 18.6. The smallest absolute Gasteiger partial charge is 0.255 e. The number of amides is 1. The van der Waals surface area contributed by atoms with Gasteiger partial charge in [-0.3, -0.25) is 4.79 Å². The van der Waals surface area contributed by atoms with Crippen molar-refractivity contribution in [3.8, 4) is 0 Å². The summed E-state index contributed by atoms with van der Waals surface area (Å²) in [4.78, 5) is 12.5. The molecule has 2 aromatic rings. The summed E-state index contributed by atoms with van der Waals surface area (Å²) in [5.41, 5.74) is 10.9. The molecule has 2 aromatic carbocycles. The van der Waals surface area contributed by atoms with Crippen LogP contribution >= 0.6 is 0 Å². The number of nitrogen functional groups attached to an aromatic ring is 1. The SMILES string of the molecule is Cc1cc(C(=O)Nc2ccc(C34CC5CC(CC(C5)C3)C4)cc2)ccc1N. The molecule has 1 amide bonds. The molecule has 0 atom stereocenters. The maximum absolute atomic E-state index is 12.5. The van der Waals surface area contributed by atoms with Gasteiger partial charge in [0.2, 0.25) is 0 Å². The van der Waals surface area contributed by atoms with E-state index in [0.29, 0.717) is 16.7 Å². The summed E-state index contributed by atoms with van der Waals surface area (Å²) in [7, 11) is 0. The molecule has 140 valence electrons. The highest BCUT2D eigenvalue weighted by molar-refractivity contribution is 6.04. The van der Waals surface area contributed by atoms with Crippen LogP contribution in [-0.2, 0) is 5.41 Å². The Bertz CT molecular complexity index is 848. The van der Waals surface area contributed by atoms with Crippen molar-refractivity contribution >= 4 is 17.3 Å². The Morgan fingerprint density at radius 2 is 1.56 bits per heavy atom. The van der Waals surface area contributed by atoms with Crippen LogP contribution in [-0.4, -0.2) is 5.91 Å². The largest absolute Gasteiger partial charge is 0.399 e. The van der Waals surface area contributed by atoms with Gasteiger partial charge in [0.15, 0.2) is 0 Å². The van der Waals surface area contributed by atoms with Crippen molar-refractivity contribution in [2.45, 2.75) is 50.9 Å². The van der Waals surface area contributed by atoms with Crippen LogP contribution in [0.15, 0.2) is 42.5 Å². The van der Waals surface area contributed by atoms with E-state index in [1.165, 1.54) is 44.1 Å². The third-order valence-corrected chi connectivity index (χ3v) is 7.33. The Hall–Kier alpha value is -2.29. The first-order valence-corrected chi connectivity index (χ1v) is 10.3. The molecule has 27 heavy (non-hydrogen) atoms. The van der Waals surface area contributed by atoms with Crippen LogP contribution in [0.4, 0.5) is 11.4 Å². The maximum atomic E-state index is 12.5. The van der Waals surface area contributed by atoms with Gasteiger partial charge in [0.25, 0.3) is 5.91 Å². The van der Waals surface area contributed by atoms with E-state index in [9.17, 15) is 4.79 Å². The van der Waals surface area contributed by atoms with E-state index in [1.54, 1.807) is 12.1 Å². The molecule has 0 aliphatic heterocycles. The lowest BCUT2D eigenvalue weighted by Crippen LogP contribution is -2.48. The normalized spacial score (nSPS) is 31.1. The van der Waals surface area contributed by atoms with Gasteiger partial charge in [-0.1, -0.05) is 12.1 Å². The fourth-order valence-electron chi connectivity index (χ4n) is 6.39. The first-order valence-electron chi connectivity index (χ1n) is 10.3. The molecular formula is C24H28N2O. The maximum Gasteiger partial charge on any atom is 0.255 e. The van der Waals surface area contributed by atoms with Crippen LogP contribution < -0.4 is 11.1 Å². The Morgan fingerprint density at radius 3 is 2.11 bits per heavy atom. The van der Waals surface area contributed by atoms with E-state index in [0.717, 1.165) is 29.0 Å². The average molecular weight is 361 g/mol. The Kier molecular flexibility index (Phi) is 3.82. The minimum atomic E-state index is -0.0827. The second-order valence-corrected chi connectivity index (χ2v) is 9.30. The van der Waals surface area contributed by atoms with Gasteiger partial charge in [-0.15, -0.1) is 0 Å². The highest BCUT2D eigenvalue weighted by atomic mass is 16.1. The summed E-state index contributed by atoms with van der Waals surface area (Å²) < 4.78 is 0. The van der Waals surface area contributed by atoms with E-state index in [-0.39, 0.29) is 5.91 Å². The number of carbonyl (C=O) groups excluding carboxylic acids is 1. The van der Waals surface area contributed by atoms with Crippen molar-refractivity contribution in [2.75, 3.05) is 11.1 Å². The van der Waals surface area contributed by atoms with E-state index >= 15 is 0 Å². The summed E-state index contributed by atoms with van der Waals surface area (Å²) in [5.74, 6) is 2.76. The fourth-order valence-corrected chi connectivity index (χ4v) is 6.39. The minimum absolute atomic E-state index is 0.0827. The standard InChI is InChI=1S/C24H28N2O/c1-15-8-19(2-7-22(15)25)23(27)26-21-5-3-20(4-6-21)24-12-16-9-17(13-24)11-18(10-16)14-24/h2-8,16-18H,9-14,25H2,1H3,(H,26,27). The molecule has 4 saturated carbocycles. The predicted octanol–water partition coefficient (Wildman–Crippen LogP) is 5.30. The van der Waals surface area contributed by atoms with Gasteiger partial charge in [-0.2, -0.15) is 0 Å². The lowest BCUT2D eigenvalue weighted by atomic mass is 9.48. The van der Waals surface area contributed by atoms with E-state index in [1.807, 2.05) is 13.0 Å². The molecule has 0 heterocycles. The zero-order valence-corrected chi connectivity index (χ0v) is 16.0. The van der Waals surface area contributed by atoms with Crippen molar-refractivity contribution in [3.63, 3.8) is 0 Å². The molecule has 0 unspecified atom stereocenters. The topological polar surface area (TPSA) is 55.1 Å². The molecular weight excluding hydrogens is 332 g/mol. The highest BCUT2D eigenvalue weighted by Crippen LogP contribution is 2.60. The molecule has 3 nitrogen and oxygen atoms in total. The number of carbonyl (C=O) groups is 1. The van der Waals surface area contributed by atoms with Gasteiger partial charge in [0, 0.05) is 16.9 Å². The molecule has 0 spiro atoms. The van der Waals surface area contributed by atoms with Gasteiger partial charge < -0.3 is 11.1 Å². The number of benzene rings is 2. The number of hydrogen-bond donors (Lipinski definition) is 2. The predicted molar refractivity (Wildman–Crippen MR) is 110 cm³/mol. The lowest BCUT2D eigenvalue weighted by molar-refractivity contribution is -0.00518. The molecule has 0 aromatic heterocycles. The molecule has 3 N–H and O–H groups in total. The summed E-state index contributed by atoms with van der Waals surface area (Å²) >= 11 is 0. The van der Waals surface area contributed by atoms with Crippen molar-refractivity contribution in [3.05, 3.63) is 59.2 Å². The molecule has 4 fully saturated rings. The van der Waals surface area contributed by atoms with Crippen LogP contribution in [0.1, 0.15) is 60.0 Å². The Morgan fingerprint density at radius 1 is 0.963 bits per heavy atom. The van der Waals surface area contributed by atoms with E-state index in [2.05, 4.69) is 29.6 Å². The molecule has 3 heteroatoms. The third-order valence-electron chi connectivity index (χ3n) is 7.33. The number of nitrogens with one attached hydrogen (secondary N) is 1. The average Bonchev–Trinajstić information content (AvgIpc) is 2.63. The van der Waals surface area contributed by atoms with Gasteiger partial charge in [0.05, 0.1) is 0 Å². The summed E-state index contributed by atoms with van der Waals surface area (Å²) in [6.45, 7) is 1.92. The van der Waals surface area contributed by atoms with Crippen LogP contribution in [0, 0.1) is 24.7 Å².